The van der Waals surface area contributed by atoms with Gasteiger partial charge < -0.3 is 10.1 Å². The van der Waals surface area contributed by atoms with Crippen LogP contribution in [0.25, 0.3) is 22.9 Å². The first-order valence-corrected chi connectivity index (χ1v) is 10.0. The molecule has 0 spiro atoms. The quantitative estimate of drug-likeness (QED) is 0.450. The van der Waals surface area contributed by atoms with E-state index in [1.165, 1.54) is 18.4 Å². The highest BCUT2D eigenvalue weighted by Crippen LogP contribution is 2.36. The Hall–Kier alpha value is -3.76. The third-order valence-corrected chi connectivity index (χ3v) is 5.25. The number of nitrogens with one attached hydrogen (secondary N) is 1. The van der Waals surface area contributed by atoms with Gasteiger partial charge in [0.2, 0.25) is 5.91 Å². The number of amides is 1. The fourth-order valence-electron chi connectivity index (χ4n) is 2.67. The van der Waals surface area contributed by atoms with Crippen LogP contribution < -0.4 is 5.32 Å². The van der Waals surface area contributed by atoms with Crippen LogP contribution in [0.3, 0.4) is 0 Å². The zero-order valence-corrected chi connectivity index (χ0v) is 17.3. The summed E-state index contributed by atoms with van der Waals surface area (Å²) in [6.07, 6.45) is 2.04. The Bertz CT molecular complexity index is 1130. The lowest BCUT2D eigenvalue weighted by molar-refractivity contribution is -0.115. The van der Waals surface area contributed by atoms with Gasteiger partial charge in [0.05, 0.1) is 18.2 Å². The molecule has 1 N–H and O–H groups in total. The topological polar surface area (TPSA) is 92.1 Å². The molecule has 2 aromatic carbocycles. The summed E-state index contributed by atoms with van der Waals surface area (Å²) < 4.78 is 4.70. The van der Waals surface area contributed by atoms with Crippen LogP contribution in [0.15, 0.2) is 54.6 Å². The predicted octanol–water partition coefficient (Wildman–Crippen LogP) is 5.01. The number of hydrogen-bond acceptors (Lipinski definition) is 6. The monoisotopic (exact) mass is 417 g/mol. The van der Waals surface area contributed by atoms with Crippen molar-refractivity contribution in [3.8, 4) is 17.3 Å². The van der Waals surface area contributed by atoms with Gasteiger partial charge in [-0.2, -0.15) is 5.26 Å². The summed E-state index contributed by atoms with van der Waals surface area (Å²) in [6, 6.07) is 18.4. The van der Waals surface area contributed by atoms with E-state index in [-0.39, 0.29) is 5.91 Å². The number of thiazole rings is 1. The Kier molecular flexibility index (Phi) is 6.73. The molecule has 0 aliphatic rings. The molecule has 0 aliphatic heterocycles. The number of nitrogens with zero attached hydrogens (tertiary/aromatic N) is 2. The third kappa shape index (κ3) is 4.80. The summed E-state index contributed by atoms with van der Waals surface area (Å²) in [7, 11) is 1.33. The van der Waals surface area contributed by atoms with Gasteiger partial charge in [0.25, 0.3) is 0 Å². The Balaban J connectivity index is 2.00. The number of carbonyl (C=O) groups excluding carboxylic acids is 2. The molecule has 0 unspecified atom stereocenters. The van der Waals surface area contributed by atoms with Gasteiger partial charge in [-0.15, -0.1) is 0 Å². The Morgan fingerprint density at radius 2 is 1.87 bits per heavy atom. The van der Waals surface area contributed by atoms with Gasteiger partial charge in [0.15, 0.2) is 0 Å². The lowest BCUT2D eigenvalue weighted by Gasteiger charge is -2.03. The second-order valence-electron chi connectivity index (χ2n) is 6.25. The number of allylic oxidation sites excluding steroid dienone is 1. The molecule has 0 radical (unpaired) electrons. The number of methoxy groups -OCH3 is 1. The van der Waals surface area contributed by atoms with E-state index in [0.717, 1.165) is 11.1 Å². The Morgan fingerprint density at radius 3 is 2.47 bits per heavy atom. The number of benzene rings is 2. The van der Waals surface area contributed by atoms with Crippen molar-refractivity contribution in [1.29, 1.82) is 5.26 Å². The van der Waals surface area contributed by atoms with Crippen molar-refractivity contribution >= 4 is 39.9 Å². The van der Waals surface area contributed by atoms with E-state index in [1.807, 2.05) is 30.3 Å². The van der Waals surface area contributed by atoms with Crippen molar-refractivity contribution < 1.29 is 14.3 Å². The summed E-state index contributed by atoms with van der Waals surface area (Å²) in [5.74, 6) is -0.543. The van der Waals surface area contributed by atoms with Gasteiger partial charge >= 0.3 is 5.97 Å². The van der Waals surface area contributed by atoms with E-state index in [1.54, 1.807) is 37.3 Å². The number of hydrogen-bond donors (Lipinski definition) is 1. The minimum atomic E-state index is -0.422. The standard InChI is InChI=1S/C23H19N3O3S/c1-3-19(27)25-22-20(16-7-5-4-6-8-16)26-21(30-22)18(14-24)13-15-9-11-17(12-10-15)23(28)29-2/h4-13H,3H2,1-2H3,(H,25,27). The average Bonchev–Trinajstić information content (AvgIpc) is 3.21. The summed E-state index contributed by atoms with van der Waals surface area (Å²) in [5.41, 5.74) is 3.01. The summed E-state index contributed by atoms with van der Waals surface area (Å²) in [5, 5.41) is 13.7. The van der Waals surface area contributed by atoms with Gasteiger partial charge in [-0.3, -0.25) is 4.79 Å². The molecule has 0 saturated heterocycles. The molecule has 0 bridgehead atoms. The van der Waals surface area contributed by atoms with Crippen LogP contribution in [-0.4, -0.2) is 24.0 Å². The van der Waals surface area contributed by atoms with Crippen LogP contribution in [0, 0.1) is 11.3 Å². The second kappa shape index (κ2) is 9.63. The lowest BCUT2D eigenvalue weighted by Crippen LogP contribution is -2.08. The van der Waals surface area contributed by atoms with Crippen molar-refractivity contribution in [2.75, 3.05) is 12.4 Å². The molecule has 0 saturated carbocycles. The normalized spacial score (nSPS) is 10.9. The molecule has 150 valence electrons. The number of esters is 1. The number of rotatable bonds is 6. The maximum atomic E-state index is 12.0. The van der Waals surface area contributed by atoms with Gasteiger partial charge in [0.1, 0.15) is 21.8 Å². The Morgan fingerprint density at radius 1 is 1.17 bits per heavy atom. The maximum absolute atomic E-state index is 12.0. The van der Waals surface area contributed by atoms with Gasteiger partial charge in [-0.05, 0) is 23.8 Å². The molecule has 1 heterocycles. The molecule has 3 rings (SSSR count). The van der Waals surface area contributed by atoms with Crippen molar-refractivity contribution in [2.45, 2.75) is 13.3 Å². The van der Waals surface area contributed by atoms with E-state index in [0.29, 0.717) is 33.3 Å². The summed E-state index contributed by atoms with van der Waals surface area (Å²) >= 11 is 1.25. The molecule has 3 aromatic rings. The van der Waals surface area contributed by atoms with Crippen LogP contribution >= 0.6 is 11.3 Å². The first-order valence-electron chi connectivity index (χ1n) is 9.22. The smallest absolute Gasteiger partial charge is 0.337 e. The summed E-state index contributed by atoms with van der Waals surface area (Å²) in [6.45, 7) is 1.78. The predicted molar refractivity (Wildman–Crippen MR) is 118 cm³/mol. The molecule has 0 aliphatic carbocycles. The maximum Gasteiger partial charge on any atom is 0.337 e. The third-order valence-electron chi connectivity index (χ3n) is 4.24. The van der Waals surface area contributed by atoms with Crippen molar-refractivity contribution in [3.05, 3.63) is 70.7 Å². The van der Waals surface area contributed by atoms with E-state index >= 15 is 0 Å². The van der Waals surface area contributed by atoms with Crippen molar-refractivity contribution in [1.82, 2.24) is 4.98 Å². The molecule has 7 heteroatoms. The zero-order chi connectivity index (χ0) is 21.5. The van der Waals surface area contributed by atoms with E-state index in [4.69, 9.17) is 4.74 Å². The lowest BCUT2D eigenvalue weighted by atomic mass is 10.1. The second-order valence-corrected chi connectivity index (χ2v) is 7.25. The van der Waals surface area contributed by atoms with Crippen LogP contribution in [0.4, 0.5) is 5.00 Å². The first-order chi connectivity index (χ1) is 14.5. The van der Waals surface area contributed by atoms with Crippen molar-refractivity contribution in [2.24, 2.45) is 0 Å². The number of nitriles is 1. The van der Waals surface area contributed by atoms with Crippen LogP contribution in [0.5, 0.6) is 0 Å². The Labute approximate surface area is 178 Å². The van der Waals surface area contributed by atoms with Crippen LogP contribution in [0.1, 0.15) is 34.3 Å². The molecule has 0 fully saturated rings. The number of aromatic nitrogens is 1. The molecule has 0 atom stereocenters. The highest BCUT2D eigenvalue weighted by Gasteiger charge is 2.17. The largest absolute Gasteiger partial charge is 0.465 e. The molecule has 6 nitrogen and oxygen atoms in total. The molecular formula is C23H19N3O3S. The zero-order valence-electron chi connectivity index (χ0n) is 16.5. The molecule has 30 heavy (non-hydrogen) atoms. The number of ether oxygens (including phenoxy) is 1. The molecule has 1 aromatic heterocycles. The fourth-order valence-corrected chi connectivity index (χ4v) is 3.64. The van der Waals surface area contributed by atoms with Gasteiger partial charge in [-0.25, -0.2) is 9.78 Å². The first kappa shape index (κ1) is 21.0. The highest BCUT2D eigenvalue weighted by atomic mass is 32.1. The van der Waals surface area contributed by atoms with Crippen LogP contribution in [0.2, 0.25) is 0 Å². The minimum Gasteiger partial charge on any atom is -0.465 e. The minimum absolute atomic E-state index is 0.122. The summed E-state index contributed by atoms with van der Waals surface area (Å²) in [4.78, 5) is 28.2. The number of carbonyl (C=O) groups is 2. The van der Waals surface area contributed by atoms with Crippen LogP contribution in [-0.2, 0) is 9.53 Å². The average molecular weight is 417 g/mol. The van der Waals surface area contributed by atoms with E-state index in [2.05, 4.69) is 16.4 Å². The SMILES string of the molecule is CCC(=O)Nc1sc(C(C#N)=Cc2ccc(C(=O)OC)cc2)nc1-c1ccccc1. The van der Waals surface area contributed by atoms with E-state index in [9.17, 15) is 14.9 Å². The van der Waals surface area contributed by atoms with Gasteiger partial charge in [0, 0.05) is 12.0 Å². The van der Waals surface area contributed by atoms with E-state index < -0.39 is 5.97 Å². The number of anilines is 1. The fraction of sp³-hybridized carbons (Fsp3) is 0.130. The molecule has 1 amide bonds. The van der Waals surface area contributed by atoms with Gasteiger partial charge in [-0.1, -0.05) is 60.7 Å². The molecular weight excluding hydrogens is 398 g/mol. The highest BCUT2D eigenvalue weighted by molar-refractivity contribution is 7.17. The van der Waals surface area contributed by atoms with Crippen molar-refractivity contribution in [3.63, 3.8) is 0 Å².